The van der Waals surface area contributed by atoms with Crippen molar-refractivity contribution >= 4 is 46.4 Å². The van der Waals surface area contributed by atoms with Crippen molar-refractivity contribution in [3.8, 4) is 11.5 Å². The molecule has 3 rings (SSSR count). The third-order valence-electron chi connectivity index (χ3n) is 4.12. The first-order valence-corrected chi connectivity index (χ1v) is 9.52. The number of hydrogen-bond acceptors (Lipinski definition) is 4. The van der Waals surface area contributed by atoms with Gasteiger partial charge in [-0.25, -0.2) is 0 Å². The second kappa shape index (κ2) is 8.29. The van der Waals surface area contributed by atoms with E-state index in [1.807, 2.05) is 0 Å². The molecule has 6 nitrogen and oxygen atoms in total. The molecule has 1 aliphatic heterocycles. The summed E-state index contributed by atoms with van der Waals surface area (Å²) in [7, 11) is 0. The van der Waals surface area contributed by atoms with Crippen LogP contribution in [0.4, 0.5) is 11.4 Å². The highest BCUT2D eigenvalue weighted by molar-refractivity contribution is 6.35. The molecule has 0 fully saturated rings. The van der Waals surface area contributed by atoms with Crippen LogP contribution in [0.25, 0.3) is 0 Å². The largest absolute Gasteiger partial charge is 0.492 e. The Labute approximate surface area is 173 Å². The molecular formula is C20H20Cl2N2O4. The van der Waals surface area contributed by atoms with Gasteiger partial charge in [-0.05, 0) is 56.7 Å². The third-order valence-corrected chi connectivity index (χ3v) is 4.65. The van der Waals surface area contributed by atoms with Gasteiger partial charge in [0.05, 0.1) is 17.3 Å². The molecule has 2 N–H and O–H groups in total. The topological polar surface area (TPSA) is 76.7 Å². The highest BCUT2D eigenvalue weighted by atomic mass is 35.5. The summed E-state index contributed by atoms with van der Waals surface area (Å²) in [4.78, 5) is 24.1. The number of halogens is 2. The molecule has 2 amide bonds. The summed E-state index contributed by atoms with van der Waals surface area (Å²) >= 11 is 11.9. The molecular weight excluding hydrogens is 403 g/mol. The molecule has 148 valence electrons. The number of carbonyl (C=O) groups excluding carboxylic acids is 2. The lowest BCUT2D eigenvalue weighted by atomic mass is 10.1. The Morgan fingerprint density at radius 1 is 1.21 bits per heavy atom. The molecule has 0 atom stereocenters. The first kappa shape index (κ1) is 20.3. The highest BCUT2D eigenvalue weighted by Crippen LogP contribution is 2.35. The summed E-state index contributed by atoms with van der Waals surface area (Å²) in [5.41, 5.74) is 0.182. The van der Waals surface area contributed by atoms with Gasteiger partial charge in [-0.2, -0.15) is 0 Å². The van der Waals surface area contributed by atoms with Gasteiger partial charge in [0, 0.05) is 17.1 Å². The second-order valence-corrected chi connectivity index (χ2v) is 7.70. The van der Waals surface area contributed by atoms with Crippen molar-refractivity contribution in [2.45, 2.75) is 32.3 Å². The molecule has 0 aromatic heterocycles. The van der Waals surface area contributed by atoms with Gasteiger partial charge in [-0.1, -0.05) is 23.2 Å². The molecule has 0 bridgehead atoms. The number of carbonyl (C=O) groups is 2. The summed E-state index contributed by atoms with van der Waals surface area (Å²) in [6, 6.07) is 10.1. The molecule has 0 saturated heterocycles. The summed E-state index contributed by atoms with van der Waals surface area (Å²) in [5.74, 6) is 0.700. The van der Waals surface area contributed by atoms with Crippen molar-refractivity contribution in [3.63, 3.8) is 0 Å². The minimum Gasteiger partial charge on any atom is -0.492 e. The average Bonchev–Trinajstić information content (AvgIpc) is 2.61. The average molecular weight is 423 g/mol. The fourth-order valence-electron chi connectivity index (χ4n) is 2.62. The van der Waals surface area contributed by atoms with Crippen LogP contribution in [0.15, 0.2) is 36.4 Å². The van der Waals surface area contributed by atoms with Gasteiger partial charge < -0.3 is 20.1 Å². The van der Waals surface area contributed by atoms with Crippen molar-refractivity contribution in [1.82, 2.24) is 0 Å². The van der Waals surface area contributed by atoms with Crippen molar-refractivity contribution in [3.05, 3.63) is 46.4 Å². The zero-order valence-electron chi connectivity index (χ0n) is 15.5. The molecule has 2 aromatic rings. The van der Waals surface area contributed by atoms with Gasteiger partial charge in [0.1, 0.15) is 11.5 Å². The van der Waals surface area contributed by atoms with Gasteiger partial charge in [0.15, 0.2) is 5.60 Å². The maximum atomic E-state index is 12.1. The van der Waals surface area contributed by atoms with E-state index in [0.29, 0.717) is 45.9 Å². The molecule has 1 aliphatic rings. The first-order valence-electron chi connectivity index (χ1n) is 8.77. The Morgan fingerprint density at radius 3 is 2.75 bits per heavy atom. The molecule has 0 saturated carbocycles. The van der Waals surface area contributed by atoms with Crippen molar-refractivity contribution in [1.29, 1.82) is 0 Å². The van der Waals surface area contributed by atoms with Gasteiger partial charge in [-0.15, -0.1) is 0 Å². The summed E-state index contributed by atoms with van der Waals surface area (Å²) in [6.07, 6.45) is 0.794. The van der Waals surface area contributed by atoms with Gasteiger partial charge in [0.25, 0.3) is 5.91 Å². The maximum absolute atomic E-state index is 12.1. The second-order valence-electron chi connectivity index (χ2n) is 6.85. The lowest BCUT2D eigenvalue weighted by Crippen LogP contribution is -2.45. The number of anilines is 2. The fourth-order valence-corrected chi connectivity index (χ4v) is 3.08. The zero-order valence-corrected chi connectivity index (χ0v) is 17.0. The van der Waals surface area contributed by atoms with Crippen LogP contribution in [0.3, 0.4) is 0 Å². The minimum atomic E-state index is -0.926. The summed E-state index contributed by atoms with van der Waals surface area (Å²) in [5, 5.41) is 6.55. The lowest BCUT2D eigenvalue weighted by Gasteiger charge is -2.31. The number of nitrogens with one attached hydrogen (secondary N) is 2. The number of hydrogen-bond donors (Lipinski definition) is 2. The molecule has 28 heavy (non-hydrogen) atoms. The van der Waals surface area contributed by atoms with Crippen LogP contribution in [-0.4, -0.2) is 24.0 Å². The normalized spacial score (nSPS) is 14.5. The molecule has 0 radical (unpaired) electrons. The van der Waals surface area contributed by atoms with E-state index in [-0.39, 0.29) is 18.2 Å². The molecule has 0 spiro atoms. The van der Waals surface area contributed by atoms with Crippen LogP contribution >= 0.6 is 23.2 Å². The molecule has 8 heteroatoms. The predicted octanol–water partition coefficient (Wildman–Crippen LogP) is 4.90. The first-order chi connectivity index (χ1) is 13.2. The van der Waals surface area contributed by atoms with Crippen LogP contribution < -0.4 is 20.1 Å². The van der Waals surface area contributed by atoms with E-state index in [9.17, 15) is 9.59 Å². The van der Waals surface area contributed by atoms with Crippen LogP contribution in [0.5, 0.6) is 11.5 Å². The monoisotopic (exact) mass is 422 g/mol. The van der Waals surface area contributed by atoms with Gasteiger partial charge in [0.2, 0.25) is 5.91 Å². The van der Waals surface area contributed by atoms with Gasteiger partial charge in [-0.3, -0.25) is 9.59 Å². The Balaban J connectivity index is 1.49. The number of benzene rings is 2. The Bertz CT molecular complexity index is 915. The third kappa shape index (κ3) is 4.88. The number of fused-ring (bicyclic) bond motifs is 1. The van der Waals surface area contributed by atoms with Crippen molar-refractivity contribution in [2.24, 2.45) is 0 Å². The van der Waals surface area contributed by atoms with Crippen LogP contribution in [-0.2, 0) is 9.59 Å². The smallest absolute Gasteiger partial charge is 0.268 e. The van der Waals surface area contributed by atoms with Crippen molar-refractivity contribution < 1.29 is 19.1 Å². The molecule has 1 heterocycles. The zero-order chi connectivity index (χ0) is 20.3. The lowest BCUT2D eigenvalue weighted by molar-refractivity contribution is -0.129. The van der Waals surface area contributed by atoms with E-state index in [2.05, 4.69) is 10.6 Å². The molecule has 0 aliphatic carbocycles. The Kier molecular flexibility index (Phi) is 6.01. The molecule has 2 aromatic carbocycles. The van der Waals surface area contributed by atoms with Crippen LogP contribution in [0.2, 0.25) is 10.0 Å². The van der Waals surface area contributed by atoms with Crippen molar-refractivity contribution in [2.75, 3.05) is 17.2 Å². The van der Waals surface area contributed by atoms with E-state index in [1.165, 1.54) is 0 Å². The van der Waals surface area contributed by atoms with E-state index in [1.54, 1.807) is 50.2 Å². The molecule has 0 unspecified atom stereocenters. The summed E-state index contributed by atoms with van der Waals surface area (Å²) in [6.45, 7) is 3.73. The predicted molar refractivity (Wildman–Crippen MR) is 110 cm³/mol. The Morgan fingerprint density at radius 2 is 2.00 bits per heavy atom. The number of amides is 2. The maximum Gasteiger partial charge on any atom is 0.268 e. The quantitative estimate of drug-likeness (QED) is 0.648. The Hall–Kier alpha value is -2.44. The fraction of sp³-hybridized carbons (Fsp3) is 0.300. The SMILES string of the molecule is CC1(C)Oc2ccc(NC(=O)CCCOc3ccc(Cl)cc3Cl)cc2NC1=O. The van der Waals surface area contributed by atoms with E-state index in [4.69, 9.17) is 32.7 Å². The van der Waals surface area contributed by atoms with E-state index < -0.39 is 5.60 Å². The standard InChI is InChI=1S/C20H20Cl2N2O4/c1-20(2)19(26)24-15-11-13(6-8-17(15)28-20)23-18(25)4-3-9-27-16-7-5-12(21)10-14(16)22/h5-8,10-11H,3-4,9H2,1-2H3,(H,23,25)(H,24,26). The highest BCUT2D eigenvalue weighted by Gasteiger charge is 2.35. The van der Waals surface area contributed by atoms with Crippen LogP contribution in [0, 0.1) is 0 Å². The van der Waals surface area contributed by atoms with Crippen LogP contribution in [0.1, 0.15) is 26.7 Å². The van der Waals surface area contributed by atoms with E-state index in [0.717, 1.165) is 0 Å². The number of rotatable bonds is 6. The van der Waals surface area contributed by atoms with E-state index >= 15 is 0 Å². The summed E-state index contributed by atoms with van der Waals surface area (Å²) < 4.78 is 11.2. The van der Waals surface area contributed by atoms with Gasteiger partial charge >= 0.3 is 0 Å². The number of ether oxygens (including phenoxy) is 2. The minimum absolute atomic E-state index is 0.158.